The molecule has 0 saturated heterocycles. The van der Waals surface area contributed by atoms with Crippen molar-refractivity contribution in [1.82, 2.24) is 18.7 Å². The molecule has 1 aromatic carbocycles. The van der Waals surface area contributed by atoms with Gasteiger partial charge >= 0.3 is 5.69 Å². The van der Waals surface area contributed by atoms with Crippen LogP contribution in [0.4, 0.5) is 4.39 Å². The van der Waals surface area contributed by atoms with Gasteiger partial charge in [0.05, 0.1) is 0 Å². The first-order valence-corrected chi connectivity index (χ1v) is 8.71. The summed E-state index contributed by atoms with van der Waals surface area (Å²) in [4.78, 5) is 40.8. The molecule has 136 valence electrons. The van der Waals surface area contributed by atoms with Crippen LogP contribution in [0.25, 0.3) is 11.2 Å². The fourth-order valence-corrected chi connectivity index (χ4v) is 3.36. The van der Waals surface area contributed by atoms with Crippen molar-refractivity contribution < 1.29 is 9.18 Å². The number of aryl methyl sites for hydroxylation is 2. The summed E-state index contributed by atoms with van der Waals surface area (Å²) in [5, 5.41) is 0. The molecule has 0 amide bonds. The standard InChI is InChI=1S/C17H16BrFN4O3/c1-21-14-13(15(25)22(2)17(21)26)20-16(18)23(14)9-3-4-12(24)10-5-7-11(19)8-6-10/h5-8H,3-4,9H2,1-2H3. The van der Waals surface area contributed by atoms with Gasteiger partial charge in [-0.2, -0.15) is 0 Å². The lowest BCUT2D eigenvalue weighted by molar-refractivity contribution is 0.0978. The number of nitrogens with zero attached hydrogens (tertiary/aromatic N) is 4. The lowest BCUT2D eigenvalue weighted by Gasteiger charge is -2.09. The third kappa shape index (κ3) is 3.14. The molecule has 0 radical (unpaired) electrons. The van der Waals surface area contributed by atoms with E-state index in [9.17, 15) is 18.8 Å². The molecular weight excluding hydrogens is 407 g/mol. The van der Waals surface area contributed by atoms with Crippen molar-refractivity contribution in [2.24, 2.45) is 14.1 Å². The zero-order chi connectivity index (χ0) is 19.0. The topological polar surface area (TPSA) is 78.9 Å². The molecule has 3 aromatic rings. The summed E-state index contributed by atoms with van der Waals surface area (Å²) in [7, 11) is 2.97. The van der Waals surface area contributed by atoms with E-state index in [1.807, 2.05) is 0 Å². The van der Waals surface area contributed by atoms with Gasteiger partial charge in [0.25, 0.3) is 5.56 Å². The van der Waals surface area contributed by atoms with E-state index in [-0.39, 0.29) is 17.7 Å². The molecule has 0 aliphatic heterocycles. The second-order valence-electron chi connectivity index (χ2n) is 5.94. The van der Waals surface area contributed by atoms with Crippen molar-refractivity contribution >= 4 is 32.9 Å². The largest absolute Gasteiger partial charge is 0.332 e. The molecule has 0 spiro atoms. The SMILES string of the molecule is Cn1c(=O)c2nc(Br)n(CCCC(=O)c3ccc(F)cc3)c2n(C)c1=O. The molecule has 2 aromatic heterocycles. The van der Waals surface area contributed by atoms with Crippen molar-refractivity contribution in [3.63, 3.8) is 0 Å². The van der Waals surface area contributed by atoms with Gasteiger partial charge < -0.3 is 4.57 Å². The third-order valence-corrected chi connectivity index (χ3v) is 4.85. The first kappa shape index (κ1) is 18.2. The Hall–Kier alpha value is -2.55. The molecule has 0 bridgehead atoms. The lowest BCUT2D eigenvalue weighted by atomic mass is 10.1. The Kier molecular flexibility index (Phi) is 4.90. The number of imidazole rings is 1. The van der Waals surface area contributed by atoms with E-state index in [0.29, 0.717) is 28.9 Å². The van der Waals surface area contributed by atoms with Crippen LogP contribution in [0.15, 0.2) is 38.6 Å². The zero-order valence-corrected chi connectivity index (χ0v) is 15.8. The minimum absolute atomic E-state index is 0.102. The van der Waals surface area contributed by atoms with Crippen LogP contribution < -0.4 is 11.2 Å². The van der Waals surface area contributed by atoms with E-state index < -0.39 is 17.1 Å². The normalized spacial score (nSPS) is 11.2. The van der Waals surface area contributed by atoms with Crippen molar-refractivity contribution in [3.8, 4) is 0 Å². The molecular formula is C17H16BrFN4O3. The molecule has 0 N–H and O–H groups in total. The molecule has 0 unspecified atom stereocenters. The van der Waals surface area contributed by atoms with Crippen LogP contribution in [-0.4, -0.2) is 24.5 Å². The van der Waals surface area contributed by atoms with E-state index >= 15 is 0 Å². The van der Waals surface area contributed by atoms with Crippen molar-refractivity contribution in [3.05, 3.63) is 61.2 Å². The number of Topliss-reactive ketones (excluding diaryl/α,β-unsaturated/α-hetero) is 1. The molecule has 2 heterocycles. The highest BCUT2D eigenvalue weighted by molar-refractivity contribution is 9.10. The number of halogens is 2. The van der Waals surface area contributed by atoms with Gasteiger partial charge in [0.15, 0.2) is 21.7 Å². The van der Waals surface area contributed by atoms with Crippen LogP contribution in [0.3, 0.4) is 0 Å². The van der Waals surface area contributed by atoms with Gasteiger partial charge in [-0.1, -0.05) is 0 Å². The van der Waals surface area contributed by atoms with Gasteiger partial charge in [-0.05, 0) is 46.6 Å². The second-order valence-corrected chi connectivity index (χ2v) is 6.65. The highest BCUT2D eigenvalue weighted by Crippen LogP contribution is 2.18. The summed E-state index contributed by atoms with van der Waals surface area (Å²) < 4.78 is 17.4. The predicted octanol–water partition coefficient (Wildman–Crippen LogP) is 2.00. The van der Waals surface area contributed by atoms with Gasteiger partial charge in [0.1, 0.15) is 5.82 Å². The molecule has 0 atom stereocenters. The number of benzene rings is 1. The van der Waals surface area contributed by atoms with Crippen LogP contribution in [0.2, 0.25) is 0 Å². The summed E-state index contributed by atoms with van der Waals surface area (Å²) in [5.41, 5.74) is 0.122. The highest BCUT2D eigenvalue weighted by atomic mass is 79.9. The van der Waals surface area contributed by atoms with E-state index in [2.05, 4.69) is 20.9 Å². The molecule has 0 aliphatic rings. The average molecular weight is 423 g/mol. The van der Waals surface area contributed by atoms with Gasteiger partial charge in [-0.25, -0.2) is 14.2 Å². The molecule has 26 heavy (non-hydrogen) atoms. The Morgan fingerprint density at radius 2 is 1.81 bits per heavy atom. The minimum Gasteiger partial charge on any atom is -0.304 e. The van der Waals surface area contributed by atoms with Crippen molar-refractivity contribution in [2.45, 2.75) is 19.4 Å². The number of fused-ring (bicyclic) bond motifs is 1. The van der Waals surface area contributed by atoms with Crippen LogP contribution in [-0.2, 0) is 20.6 Å². The van der Waals surface area contributed by atoms with Crippen LogP contribution >= 0.6 is 15.9 Å². The van der Waals surface area contributed by atoms with Gasteiger partial charge in [-0.15, -0.1) is 0 Å². The lowest BCUT2D eigenvalue weighted by Crippen LogP contribution is -2.37. The van der Waals surface area contributed by atoms with E-state index in [4.69, 9.17) is 0 Å². The van der Waals surface area contributed by atoms with E-state index in [0.717, 1.165) is 4.57 Å². The minimum atomic E-state index is -0.468. The maximum Gasteiger partial charge on any atom is 0.332 e. The Morgan fingerprint density at radius 3 is 2.46 bits per heavy atom. The first-order chi connectivity index (χ1) is 12.3. The molecule has 0 fully saturated rings. The van der Waals surface area contributed by atoms with Crippen LogP contribution in [0, 0.1) is 5.82 Å². The van der Waals surface area contributed by atoms with Crippen molar-refractivity contribution in [2.75, 3.05) is 0 Å². The number of hydrogen-bond donors (Lipinski definition) is 0. The maximum absolute atomic E-state index is 12.9. The number of carbonyl (C=O) groups excluding carboxylic acids is 1. The van der Waals surface area contributed by atoms with Crippen LogP contribution in [0.5, 0.6) is 0 Å². The zero-order valence-electron chi connectivity index (χ0n) is 14.2. The average Bonchev–Trinajstić information content (AvgIpc) is 2.95. The fraction of sp³-hybridized carbons (Fsp3) is 0.294. The summed E-state index contributed by atoms with van der Waals surface area (Å²) in [6.45, 7) is 0.393. The molecule has 3 rings (SSSR count). The number of carbonyl (C=O) groups is 1. The smallest absolute Gasteiger partial charge is 0.304 e. The quantitative estimate of drug-likeness (QED) is 0.465. The van der Waals surface area contributed by atoms with Crippen molar-refractivity contribution in [1.29, 1.82) is 0 Å². The third-order valence-electron chi connectivity index (χ3n) is 4.24. The molecule has 9 heteroatoms. The van der Waals surface area contributed by atoms with Gasteiger partial charge in [0.2, 0.25) is 0 Å². The number of ketones is 1. The molecule has 7 nitrogen and oxygen atoms in total. The second kappa shape index (κ2) is 6.99. The molecule has 0 aliphatic carbocycles. The summed E-state index contributed by atoms with van der Waals surface area (Å²) in [5.74, 6) is -0.492. The van der Waals surface area contributed by atoms with E-state index in [1.165, 1.54) is 35.9 Å². The maximum atomic E-state index is 12.9. The van der Waals surface area contributed by atoms with Gasteiger partial charge in [-0.3, -0.25) is 18.7 Å². The van der Waals surface area contributed by atoms with Crippen LogP contribution in [0.1, 0.15) is 23.2 Å². The Bertz CT molecular complexity index is 1110. The van der Waals surface area contributed by atoms with E-state index in [1.54, 1.807) is 11.6 Å². The predicted molar refractivity (Wildman–Crippen MR) is 97.9 cm³/mol. The number of rotatable bonds is 5. The summed E-state index contributed by atoms with van der Waals surface area (Å²) in [6.07, 6.45) is 0.722. The first-order valence-electron chi connectivity index (χ1n) is 7.91. The Balaban J connectivity index is 1.85. The number of aromatic nitrogens is 4. The fourth-order valence-electron chi connectivity index (χ4n) is 2.84. The Morgan fingerprint density at radius 1 is 1.15 bits per heavy atom. The molecule has 0 saturated carbocycles. The monoisotopic (exact) mass is 422 g/mol. The summed E-state index contributed by atoms with van der Waals surface area (Å²) in [6, 6.07) is 5.40. The number of hydrogen-bond acceptors (Lipinski definition) is 4. The highest BCUT2D eigenvalue weighted by Gasteiger charge is 2.17. The summed E-state index contributed by atoms with van der Waals surface area (Å²) >= 11 is 3.31. The van der Waals surface area contributed by atoms with Gasteiger partial charge in [0, 0.05) is 32.6 Å². The Labute approximate surface area is 155 Å².